The summed E-state index contributed by atoms with van der Waals surface area (Å²) >= 11 is 0. The average molecular weight is 782 g/mol. The van der Waals surface area contributed by atoms with E-state index < -0.39 is 80.0 Å². The molecule has 18 heteroatoms. The number of carbonyl (C=O) groups excluding carboxylic acids is 2. The van der Waals surface area contributed by atoms with Gasteiger partial charge in [0, 0.05) is 0 Å². The first-order chi connectivity index (χ1) is 26.1. The molecule has 2 aliphatic rings. The molecule has 0 bridgehead atoms. The number of carbonyl (C=O) groups is 2. The quantitative estimate of drug-likeness (QED) is 0.0766. The number of ether oxygens (including phenoxy) is 4. The highest BCUT2D eigenvalue weighted by molar-refractivity contribution is 7.54. The molecule has 55 heavy (non-hydrogen) atoms. The third-order valence-corrected chi connectivity index (χ3v) is 11.5. The van der Waals surface area contributed by atoms with Crippen LogP contribution in [0.1, 0.15) is 51.8 Å². The van der Waals surface area contributed by atoms with E-state index in [1.165, 1.54) is 18.0 Å². The molecule has 1 saturated carbocycles. The lowest BCUT2D eigenvalue weighted by Gasteiger charge is -2.31. The summed E-state index contributed by atoms with van der Waals surface area (Å²) in [5, 5.41) is 29.2. The molecular weight excluding hydrogens is 733 g/mol. The number of benzene rings is 2. The van der Waals surface area contributed by atoms with E-state index in [0.29, 0.717) is 5.52 Å². The van der Waals surface area contributed by atoms with Gasteiger partial charge in [-0.05, 0) is 58.6 Å². The van der Waals surface area contributed by atoms with Gasteiger partial charge in [0.05, 0.1) is 32.3 Å². The Balaban J connectivity index is 1.28. The molecule has 6 N–H and O–H groups in total. The zero-order chi connectivity index (χ0) is 39.7. The Bertz CT molecular complexity index is 1960. The fourth-order valence-corrected chi connectivity index (χ4v) is 8.88. The van der Waals surface area contributed by atoms with Crippen LogP contribution in [0.3, 0.4) is 0 Å². The Hall–Kier alpha value is -4.48. The van der Waals surface area contributed by atoms with Crippen LogP contribution in [0.2, 0.25) is 0 Å². The van der Waals surface area contributed by atoms with E-state index in [1.54, 1.807) is 58.9 Å². The van der Waals surface area contributed by atoms with E-state index in [4.69, 9.17) is 29.2 Å². The van der Waals surface area contributed by atoms with Gasteiger partial charge in [0.25, 0.3) is 0 Å². The number of esters is 2. The van der Waals surface area contributed by atoms with Gasteiger partial charge < -0.3 is 44.0 Å². The molecule has 4 aromatic rings. The summed E-state index contributed by atoms with van der Waals surface area (Å²) in [6.07, 6.45) is -2.23. The lowest BCUT2D eigenvalue weighted by Crippen LogP contribution is -2.47. The average Bonchev–Trinajstić information content (AvgIpc) is 3.33. The van der Waals surface area contributed by atoms with Gasteiger partial charge in [-0.2, -0.15) is 9.97 Å². The number of aliphatic hydroxyl groups is 2. The normalized spacial score (nSPS) is 25.3. The molecule has 1 aliphatic heterocycles. The predicted molar refractivity (Wildman–Crippen MR) is 200 cm³/mol. The molecular formula is C37H48N7O10P. The Labute approximate surface area is 318 Å². The van der Waals surface area contributed by atoms with E-state index in [0.717, 1.165) is 11.1 Å². The van der Waals surface area contributed by atoms with Crippen LogP contribution in [-0.4, -0.2) is 103 Å². The summed E-state index contributed by atoms with van der Waals surface area (Å²) < 4.78 is 45.4. The molecule has 7 atom stereocenters. The van der Waals surface area contributed by atoms with Crippen molar-refractivity contribution in [2.24, 2.45) is 0 Å². The molecule has 2 aromatic heterocycles. The molecule has 2 aromatic carbocycles. The number of aliphatic hydroxyl groups excluding tert-OH is 1. The third-order valence-electron chi connectivity index (χ3n) is 9.64. The summed E-state index contributed by atoms with van der Waals surface area (Å²) in [6, 6.07) is 14.8. The van der Waals surface area contributed by atoms with E-state index in [-0.39, 0.29) is 30.3 Å². The van der Waals surface area contributed by atoms with Crippen LogP contribution in [0.15, 0.2) is 67.0 Å². The Kier molecular flexibility index (Phi) is 11.6. The van der Waals surface area contributed by atoms with Crippen molar-refractivity contribution in [1.29, 1.82) is 0 Å². The molecule has 296 valence electrons. The van der Waals surface area contributed by atoms with E-state index >= 15 is 4.57 Å². The summed E-state index contributed by atoms with van der Waals surface area (Å²) in [5.74, 6) is -1.35. The second-order valence-corrected chi connectivity index (χ2v) is 16.3. The lowest BCUT2D eigenvalue weighted by atomic mass is 10.1. The smallest absolute Gasteiger partial charge is 0.342 e. The maximum absolute atomic E-state index is 15.1. The molecule has 0 amide bonds. The van der Waals surface area contributed by atoms with Gasteiger partial charge in [0.2, 0.25) is 11.8 Å². The largest absolute Gasteiger partial charge is 0.479 e. The minimum absolute atomic E-state index is 0.0565. The van der Waals surface area contributed by atoms with Crippen molar-refractivity contribution in [3.05, 3.63) is 78.1 Å². The second kappa shape index (κ2) is 15.9. The number of nitrogens with zero attached hydrogens (tertiary/aromatic N) is 4. The fraction of sp³-hybridized carbons (Fsp3) is 0.486. The highest BCUT2D eigenvalue weighted by Crippen LogP contribution is 2.68. The Morgan fingerprint density at radius 1 is 0.945 bits per heavy atom. The highest BCUT2D eigenvalue weighted by Gasteiger charge is 2.85. The zero-order valence-electron chi connectivity index (χ0n) is 31.5. The number of nitrogen functional groups attached to an aromatic ring is 1. The maximum atomic E-state index is 15.1. The number of anilines is 1. The van der Waals surface area contributed by atoms with Crippen LogP contribution in [0.5, 0.6) is 5.88 Å². The highest BCUT2D eigenvalue weighted by atomic mass is 31.2. The van der Waals surface area contributed by atoms with Gasteiger partial charge >= 0.3 is 19.6 Å². The molecule has 7 unspecified atom stereocenters. The monoisotopic (exact) mass is 781 g/mol. The lowest BCUT2D eigenvalue weighted by molar-refractivity contribution is -0.150. The number of fused-ring (bicyclic) bond motifs is 2. The van der Waals surface area contributed by atoms with E-state index in [9.17, 15) is 19.8 Å². The van der Waals surface area contributed by atoms with Crippen LogP contribution in [0, 0.1) is 0 Å². The molecule has 3 heterocycles. The fourth-order valence-electron chi connectivity index (χ4n) is 7.09. The van der Waals surface area contributed by atoms with Gasteiger partial charge in [0.15, 0.2) is 11.2 Å². The number of hydrogen-bond donors (Lipinski definition) is 5. The van der Waals surface area contributed by atoms with Gasteiger partial charge in [-0.3, -0.25) is 14.2 Å². The number of rotatable bonds is 17. The van der Waals surface area contributed by atoms with Gasteiger partial charge in [-0.15, -0.1) is 0 Å². The minimum atomic E-state index is -4.47. The first kappa shape index (κ1) is 40.2. The van der Waals surface area contributed by atoms with E-state index in [2.05, 4.69) is 25.1 Å². The van der Waals surface area contributed by atoms with Crippen LogP contribution >= 0.6 is 7.67 Å². The molecule has 17 nitrogen and oxygen atoms in total. The summed E-state index contributed by atoms with van der Waals surface area (Å²) in [6.45, 7) is 7.84. The predicted octanol–water partition coefficient (Wildman–Crippen LogP) is 2.65. The molecule has 2 fully saturated rings. The van der Waals surface area contributed by atoms with Gasteiger partial charge in [0.1, 0.15) is 41.5 Å². The van der Waals surface area contributed by atoms with Crippen molar-refractivity contribution < 1.29 is 47.8 Å². The molecule has 1 saturated heterocycles. The third kappa shape index (κ3) is 8.24. The summed E-state index contributed by atoms with van der Waals surface area (Å²) in [4.78, 5) is 39.7. The second-order valence-electron chi connectivity index (χ2n) is 14.4. The van der Waals surface area contributed by atoms with Crippen molar-refractivity contribution in [2.45, 2.75) is 101 Å². The van der Waals surface area contributed by atoms with Gasteiger partial charge in [-0.1, -0.05) is 60.7 Å². The van der Waals surface area contributed by atoms with Crippen LogP contribution in [-0.2, 0) is 45.7 Å². The van der Waals surface area contributed by atoms with Crippen LogP contribution in [0.25, 0.3) is 11.2 Å². The SMILES string of the molecule is COc1nc(N)nc2c1ncn2C1C2(C)OC(COP(=O)(NC(Cc3ccccc3)C(=O)OC(C)C)NC(Cc3ccccc3)C(=O)OC(C)C)C(O)C12O. The van der Waals surface area contributed by atoms with Gasteiger partial charge in [-0.25, -0.2) is 15.2 Å². The van der Waals surface area contributed by atoms with Crippen molar-refractivity contribution >= 4 is 36.7 Å². The number of methoxy groups -OCH3 is 1. The van der Waals surface area contributed by atoms with Crippen molar-refractivity contribution in [2.75, 3.05) is 19.5 Å². The topological polar surface area (TPSA) is 231 Å². The zero-order valence-corrected chi connectivity index (χ0v) is 32.4. The maximum Gasteiger partial charge on any atom is 0.342 e. The first-order valence-corrected chi connectivity index (χ1v) is 19.6. The number of aromatic nitrogens is 4. The summed E-state index contributed by atoms with van der Waals surface area (Å²) in [5.41, 5.74) is 4.69. The van der Waals surface area contributed by atoms with E-state index in [1.807, 2.05) is 36.4 Å². The first-order valence-electron chi connectivity index (χ1n) is 18.0. The number of hydrogen-bond acceptors (Lipinski definition) is 14. The number of imidazole rings is 1. The van der Waals surface area contributed by atoms with Crippen molar-refractivity contribution in [3.8, 4) is 5.88 Å². The molecule has 0 spiro atoms. The number of nitrogens with one attached hydrogen (secondary N) is 2. The molecule has 6 rings (SSSR count). The van der Waals surface area contributed by atoms with Crippen molar-refractivity contribution in [1.82, 2.24) is 29.7 Å². The van der Waals surface area contributed by atoms with Crippen molar-refractivity contribution in [3.63, 3.8) is 0 Å². The Morgan fingerprint density at radius 2 is 1.47 bits per heavy atom. The molecule has 1 aliphatic carbocycles. The Morgan fingerprint density at radius 3 is 1.93 bits per heavy atom. The minimum Gasteiger partial charge on any atom is -0.479 e. The standard InChI is InChI=1S/C37H48N7O10P/c1-21(2)52-32(46)25(17-23-13-9-7-10-14-23)42-55(49,43-26(33(47)53-22(3)4)18-24-15-11-8-12-16-24)51-19-27-29(45)37(48)34(36(37,5)54-27)44-20-39-28-30(44)40-35(38)41-31(28)50-6/h7-16,20-22,25-27,29,34,45,48H,17-19H2,1-6H3,(H2,38,40,41)(H2,42,43,49). The summed E-state index contributed by atoms with van der Waals surface area (Å²) in [7, 11) is -3.06. The number of nitrogens with two attached hydrogens (primary N) is 1. The van der Waals surface area contributed by atoms with Crippen LogP contribution < -0.4 is 20.6 Å². The molecule has 0 radical (unpaired) electrons. The van der Waals surface area contributed by atoms with Crippen LogP contribution in [0.4, 0.5) is 5.95 Å².